The second-order valence-corrected chi connectivity index (χ2v) is 7.26. The largest absolute Gasteiger partial charge is 0.496 e. The van der Waals surface area contributed by atoms with Gasteiger partial charge in [-0.3, -0.25) is 9.59 Å². The van der Waals surface area contributed by atoms with Crippen molar-refractivity contribution in [1.29, 1.82) is 0 Å². The van der Waals surface area contributed by atoms with E-state index in [4.69, 9.17) is 15.2 Å². The Morgan fingerprint density at radius 2 is 2.04 bits per heavy atom. The number of ether oxygens (including phenoxy) is 2. The van der Waals surface area contributed by atoms with Crippen LogP contribution in [-0.2, 0) is 27.2 Å². The highest BCUT2D eigenvalue weighted by Crippen LogP contribution is 2.38. The second kappa shape index (κ2) is 8.71. The fraction of sp³-hybridized carbons (Fsp3) is 0.250. The number of benzene rings is 1. The van der Waals surface area contributed by atoms with Crippen LogP contribution in [0.15, 0.2) is 30.3 Å². The number of amides is 2. The van der Waals surface area contributed by atoms with Crippen molar-refractivity contribution in [3.8, 4) is 5.75 Å². The van der Waals surface area contributed by atoms with Gasteiger partial charge in [-0.15, -0.1) is 11.3 Å². The topological polar surface area (TPSA) is 108 Å². The molecular weight excluding hydrogens is 380 g/mol. The lowest BCUT2D eigenvalue weighted by atomic mass is 10.1. The van der Waals surface area contributed by atoms with Gasteiger partial charge in [0.05, 0.1) is 12.7 Å². The molecule has 28 heavy (non-hydrogen) atoms. The summed E-state index contributed by atoms with van der Waals surface area (Å²) in [4.78, 5) is 36.8. The Balaban J connectivity index is 1.57. The van der Waals surface area contributed by atoms with Crippen molar-refractivity contribution >= 4 is 40.2 Å². The standard InChI is InChI=1S/C20H20N2O5S/c1-26-14-7-3-2-5-12(14)9-10-17(24)27-11-16(23)22-20-18(19(21)25)13-6-4-8-15(13)28-20/h2-3,5,7,9-10H,4,6,8,11H2,1H3,(H2,21,25)(H,22,23)/b10-9+. The number of para-hydroxylation sites is 1. The zero-order valence-corrected chi connectivity index (χ0v) is 16.1. The van der Waals surface area contributed by atoms with Crippen LogP contribution in [0.4, 0.5) is 5.00 Å². The molecule has 0 aliphatic heterocycles. The number of nitrogens with two attached hydrogens (primary N) is 1. The van der Waals surface area contributed by atoms with Crippen LogP contribution >= 0.6 is 11.3 Å². The number of anilines is 1. The molecule has 3 rings (SSSR count). The lowest BCUT2D eigenvalue weighted by Crippen LogP contribution is -2.22. The lowest BCUT2D eigenvalue weighted by molar-refractivity contribution is -0.142. The number of esters is 1. The Morgan fingerprint density at radius 1 is 1.25 bits per heavy atom. The summed E-state index contributed by atoms with van der Waals surface area (Å²) in [6, 6.07) is 7.19. The third-order valence-corrected chi connectivity index (χ3v) is 5.51. The number of hydrogen-bond donors (Lipinski definition) is 2. The van der Waals surface area contributed by atoms with Gasteiger partial charge in [0.1, 0.15) is 10.8 Å². The van der Waals surface area contributed by atoms with Crippen LogP contribution in [0, 0.1) is 0 Å². The van der Waals surface area contributed by atoms with E-state index in [1.165, 1.54) is 24.5 Å². The molecule has 1 aliphatic carbocycles. The maximum Gasteiger partial charge on any atom is 0.331 e. The SMILES string of the molecule is COc1ccccc1/C=C/C(=O)OCC(=O)Nc1sc2c(c1C(N)=O)CCC2. The minimum absolute atomic E-state index is 0.369. The minimum atomic E-state index is -0.662. The predicted octanol–water partition coefficient (Wildman–Crippen LogP) is 2.54. The summed E-state index contributed by atoms with van der Waals surface area (Å²) >= 11 is 1.35. The molecule has 0 atom stereocenters. The maximum absolute atomic E-state index is 12.1. The normalized spacial score (nSPS) is 12.6. The first-order chi connectivity index (χ1) is 13.5. The van der Waals surface area contributed by atoms with E-state index in [0.717, 1.165) is 29.7 Å². The molecule has 146 valence electrons. The average molecular weight is 400 g/mol. The molecule has 1 aromatic heterocycles. The molecule has 0 spiro atoms. The van der Waals surface area contributed by atoms with Crippen molar-refractivity contribution in [2.24, 2.45) is 5.73 Å². The van der Waals surface area contributed by atoms with Gasteiger partial charge in [0.2, 0.25) is 0 Å². The third kappa shape index (κ3) is 4.40. The van der Waals surface area contributed by atoms with Gasteiger partial charge < -0.3 is 20.5 Å². The molecule has 1 aromatic carbocycles. The molecule has 1 aliphatic rings. The fourth-order valence-corrected chi connectivity index (χ4v) is 4.37. The van der Waals surface area contributed by atoms with E-state index in [1.807, 2.05) is 12.1 Å². The monoisotopic (exact) mass is 400 g/mol. The zero-order valence-electron chi connectivity index (χ0n) is 15.3. The van der Waals surface area contributed by atoms with Crippen LogP contribution in [0.3, 0.4) is 0 Å². The Labute approximate surface area is 166 Å². The number of methoxy groups -OCH3 is 1. The number of nitrogens with one attached hydrogen (secondary N) is 1. The van der Waals surface area contributed by atoms with Gasteiger partial charge >= 0.3 is 5.97 Å². The maximum atomic E-state index is 12.1. The first-order valence-electron chi connectivity index (χ1n) is 8.71. The van der Waals surface area contributed by atoms with E-state index in [2.05, 4.69) is 5.32 Å². The molecule has 7 nitrogen and oxygen atoms in total. The molecule has 0 fully saturated rings. The molecular formula is C20H20N2O5S. The second-order valence-electron chi connectivity index (χ2n) is 6.16. The Bertz CT molecular complexity index is 948. The van der Waals surface area contributed by atoms with E-state index in [1.54, 1.807) is 18.2 Å². The number of aryl methyl sites for hydroxylation is 1. The molecule has 2 aromatic rings. The Hall–Kier alpha value is -3.13. The highest BCUT2D eigenvalue weighted by atomic mass is 32.1. The van der Waals surface area contributed by atoms with Gasteiger partial charge in [0.15, 0.2) is 6.61 Å². The van der Waals surface area contributed by atoms with Gasteiger partial charge in [-0.2, -0.15) is 0 Å². The number of hydrogen-bond acceptors (Lipinski definition) is 6. The van der Waals surface area contributed by atoms with Crippen LogP contribution in [0.2, 0.25) is 0 Å². The summed E-state index contributed by atoms with van der Waals surface area (Å²) in [5.41, 5.74) is 7.46. The molecule has 1 heterocycles. The van der Waals surface area contributed by atoms with E-state index in [9.17, 15) is 14.4 Å². The molecule has 0 saturated heterocycles. The summed E-state index contributed by atoms with van der Waals surface area (Å²) in [6.07, 6.45) is 5.40. The molecule has 0 unspecified atom stereocenters. The van der Waals surface area contributed by atoms with Gasteiger partial charge in [0.25, 0.3) is 11.8 Å². The summed E-state index contributed by atoms with van der Waals surface area (Å²) in [6.45, 7) is -0.462. The molecule has 0 bridgehead atoms. The van der Waals surface area contributed by atoms with E-state index in [0.29, 0.717) is 21.9 Å². The highest BCUT2D eigenvalue weighted by molar-refractivity contribution is 7.17. The average Bonchev–Trinajstić information content (AvgIpc) is 3.25. The van der Waals surface area contributed by atoms with Crippen LogP contribution in [0.5, 0.6) is 5.75 Å². The van der Waals surface area contributed by atoms with Crippen LogP contribution in [0.25, 0.3) is 6.08 Å². The Morgan fingerprint density at radius 3 is 2.79 bits per heavy atom. The van der Waals surface area contributed by atoms with Gasteiger partial charge in [-0.05, 0) is 37.0 Å². The molecule has 2 amide bonds. The summed E-state index contributed by atoms with van der Waals surface area (Å²) < 4.78 is 10.2. The minimum Gasteiger partial charge on any atom is -0.496 e. The van der Waals surface area contributed by atoms with Crippen LogP contribution in [-0.4, -0.2) is 31.5 Å². The van der Waals surface area contributed by atoms with Gasteiger partial charge in [-0.25, -0.2) is 4.79 Å². The number of rotatable bonds is 7. The quantitative estimate of drug-likeness (QED) is 0.549. The van der Waals surface area contributed by atoms with Crippen molar-refractivity contribution in [1.82, 2.24) is 0 Å². The molecule has 3 N–H and O–H groups in total. The van der Waals surface area contributed by atoms with Crippen LogP contribution in [0.1, 0.15) is 32.8 Å². The van der Waals surface area contributed by atoms with Gasteiger partial charge in [-0.1, -0.05) is 18.2 Å². The van der Waals surface area contributed by atoms with Crippen molar-refractivity contribution in [2.45, 2.75) is 19.3 Å². The molecule has 8 heteroatoms. The zero-order chi connectivity index (χ0) is 20.1. The van der Waals surface area contributed by atoms with Crippen LogP contribution < -0.4 is 15.8 Å². The van der Waals surface area contributed by atoms with Crippen molar-refractivity contribution in [2.75, 3.05) is 19.0 Å². The highest BCUT2D eigenvalue weighted by Gasteiger charge is 2.26. The van der Waals surface area contributed by atoms with E-state index < -0.39 is 24.4 Å². The molecule has 0 saturated carbocycles. The summed E-state index contributed by atoms with van der Waals surface area (Å²) in [5, 5.41) is 3.05. The third-order valence-electron chi connectivity index (χ3n) is 4.30. The van der Waals surface area contributed by atoms with Crippen molar-refractivity contribution in [3.63, 3.8) is 0 Å². The lowest BCUT2D eigenvalue weighted by Gasteiger charge is -2.06. The fourth-order valence-electron chi connectivity index (χ4n) is 3.06. The number of carbonyl (C=O) groups is 3. The number of fused-ring (bicyclic) bond motifs is 1. The smallest absolute Gasteiger partial charge is 0.331 e. The number of primary amides is 1. The van der Waals surface area contributed by atoms with E-state index >= 15 is 0 Å². The molecule has 0 radical (unpaired) electrons. The first kappa shape index (κ1) is 19.6. The van der Waals surface area contributed by atoms with Crippen molar-refractivity contribution < 1.29 is 23.9 Å². The van der Waals surface area contributed by atoms with Gasteiger partial charge in [0, 0.05) is 16.5 Å². The van der Waals surface area contributed by atoms with Crippen molar-refractivity contribution in [3.05, 3.63) is 51.9 Å². The summed E-state index contributed by atoms with van der Waals surface area (Å²) in [7, 11) is 1.54. The van der Waals surface area contributed by atoms with E-state index in [-0.39, 0.29) is 0 Å². The predicted molar refractivity (Wildman–Crippen MR) is 106 cm³/mol. The number of thiophene rings is 1. The summed E-state index contributed by atoms with van der Waals surface area (Å²) in [5.74, 6) is -1.13. The Kier molecular flexibility index (Phi) is 6.10. The first-order valence-corrected chi connectivity index (χ1v) is 9.53. The number of carbonyl (C=O) groups excluding carboxylic acids is 3.